The van der Waals surface area contributed by atoms with Gasteiger partial charge in [-0.05, 0) is 12.1 Å². The standard InChI is InChI=1S/C10H11NO2/c1-2-10(13)11(8-12)9-6-4-3-5-7-9/h3-8H,2H2,1H3. The summed E-state index contributed by atoms with van der Waals surface area (Å²) in [4.78, 5) is 23.0. The Bertz CT molecular complexity index is 295. The van der Waals surface area contributed by atoms with E-state index in [-0.39, 0.29) is 5.91 Å². The maximum atomic E-state index is 11.2. The average Bonchev–Trinajstić information content (AvgIpc) is 2.20. The first-order valence-electron chi connectivity index (χ1n) is 4.12. The zero-order valence-corrected chi connectivity index (χ0v) is 7.43. The van der Waals surface area contributed by atoms with E-state index in [1.54, 1.807) is 31.2 Å². The summed E-state index contributed by atoms with van der Waals surface area (Å²) in [5.41, 5.74) is 0.615. The Morgan fingerprint density at radius 1 is 1.38 bits per heavy atom. The van der Waals surface area contributed by atoms with Crippen LogP contribution in [0.5, 0.6) is 0 Å². The molecule has 13 heavy (non-hydrogen) atoms. The van der Waals surface area contributed by atoms with Crippen molar-refractivity contribution in [3.8, 4) is 0 Å². The Hall–Kier alpha value is -1.64. The molecular formula is C10H11NO2. The number of hydrogen-bond donors (Lipinski definition) is 0. The van der Waals surface area contributed by atoms with Crippen LogP contribution in [0, 0.1) is 0 Å². The second kappa shape index (κ2) is 4.40. The van der Waals surface area contributed by atoms with E-state index in [4.69, 9.17) is 0 Å². The zero-order chi connectivity index (χ0) is 9.68. The predicted molar refractivity (Wildman–Crippen MR) is 50.3 cm³/mol. The second-order valence-electron chi connectivity index (χ2n) is 2.56. The number of carbonyl (C=O) groups is 2. The molecule has 68 valence electrons. The number of imide groups is 1. The lowest BCUT2D eigenvalue weighted by Crippen LogP contribution is -2.28. The highest BCUT2D eigenvalue weighted by molar-refractivity contribution is 6.06. The number of anilines is 1. The fourth-order valence-electron chi connectivity index (χ4n) is 1.02. The van der Waals surface area contributed by atoms with Crippen molar-refractivity contribution >= 4 is 18.0 Å². The number of amides is 2. The summed E-state index contributed by atoms with van der Waals surface area (Å²) < 4.78 is 0. The minimum atomic E-state index is -0.193. The van der Waals surface area contributed by atoms with Gasteiger partial charge in [0, 0.05) is 6.42 Å². The van der Waals surface area contributed by atoms with Crippen LogP contribution >= 0.6 is 0 Å². The summed E-state index contributed by atoms with van der Waals surface area (Å²) in [6.45, 7) is 1.72. The van der Waals surface area contributed by atoms with Crippen LogP contribution in [0.1, 0.15) is 13.3 Å². The van der Waals surface area contributed by atoms with Gasteiger partial charge >= 0.3 is 0 Å². The van der Waals surface area contributed by atoms with Gasteiger partial charge in [0.05, 0.1) is 5.69 Å². The van der Waals surface area contributed by atoms with Crippen molar-refractivity contribution in [2.24, 2.45) is 0 Å². The molecule has 0 saturated carbocycles. The van der Waals surface area contributed by atoms with Crippen molar-refractivity contribution in [3.63, 3.8) is 0 Å². The Labute approximate surface area is 77.0 Å². The molecule has 0 aliphatic rings. The fourth-order valence-corrected chi connectivity index (χ4v) is 1.02. The Balaban J connectivity index is 2.91. The van der Waals surface area contributed by atoms with Crippen molar-refractivity contribution in [3.05, 3.63) is 30.3 Å². The smallest absolute Gasteiger partial charge is 0.233 e. The van der Waals surface area contributed by atoms with Gasteiger partial charge in [-0.2, -0.15) is 0 Å². The van der Waals surface area contributed by atoms with Crippen LogP contribution in [0.3, 0.4) is 0 Å². The molecule has 1 aromatic carbocycles. The van der Waals surface area contributed by atoms with Gasteiger partial charge in [0.15, 0.2) is 0 Å². The molecule has 0 fully saturated rings. The summed E-state index contributed by atoms with van der Waals surface area (Å²) in [6, 6.07) is 8.86. The summed E-state index contributed by atoms with van der Waals surface area (Å²) in [7, 11) is 0. The highest BCUT2D eigenvalue weighted by atomic mass is 16.2. The van der Waals surface area contributed by atoms with Crippen molar-refractivity contribution in [2.75, 3.05) is 4.90 Å². The highest BCUT2D eigenvalue weighted by Crippen LogP contribution is 2.11. The minimum Gasteiger partial charge on any atom is -0.278 e. The quantitative estimate of drug-likeness (QED) is 0.657. The lowest BCUT2D eigenvalue weighted by molar-refractivity contribution is -0.121. The van der Waals surface area contributed by atoms with E-state index in [1.807, 2.05) is 6.07 Å². The molecule has 3 nitrogen and oxygen atoms in total. The van der Waals surface area contributed by atoms with Crippen molar-refractivity contribution in [2.45, 2.75) is 13.3 Å². The first kappa shape index (κ1) is 9.45. The van der Waals surface area contributed by atoms with Crippen LogP contribution in [-0.4, -0.2) is 12.3 Å². The third-order valence-corrected chi connectivity index (χ3v) is 1.71. The fraction of sp³-hybridized carbons (Fsp3) is 0.200. The van der Waals surface area contributed by atoms with Crippen LogP contribution in [0.4, 0.5) is 5.69 Å². The second-order valence-corrected chi connectivity index (χ2v) is 2.56. The summed E-state index contributed by atoms with van der Waals surface area (Å²) in [5.74, 6) is -0.193. The van der Waals surface area contributed by atoms with Crippen molar-refractivity contribution < 1.29 is 9.59 Å². The first-order valence-corrected chi connectivity index (χ1v) is 4.12. The molecule has 2 amide bonds. The summed E-state index contributed by atoms with van der Waals surface area (Å²) in [5, 5.41) is 0. The molecule has 0 aliphatic heterocycles. The lowest BCUT2D eigenvalue weighted by atomic mass is 10.3. The van der Waals surface area contributed by atoms with Gasteiger partial charge in [0.1, 0.15) is 0 Å². The first-order chi connectivity index (χ1) is 6.29. The lowest BCUT2D eigenvalue weighted by Gasteiger charge is -2.13. The molecule has 0 aromatic heterocycles. The van der Waals surface area contributed by atoms with Crippen LogP contribution in [-0.2, 0) is 9.59 Å². The predicted octanol–water partition coefficient (Wildman–Crippen LogP) is 1.59. The topological polar surface area (TPSA) is 37.4 Å². The molecular weight excluding hydrogens is 166 g/mol. The van der Waals surface area contributed by atoms with E-state index in [0.717, 1.165) is 4.90 Å². The Morgan fingerprint density at radius 3 is 2.46 bits per heavy atom. The van der Waals surface area contributed by atoms with Crippen molar-refractivity contribution in [1.29, 1.82) is 0 Å². The largest absolute Gasteiger partial charge is 0.278 e. The molecule has 0 heterocycles. The van der Waals surface area contributed by atoms with E-state index >= 15 is 0 Å². The summed E-state index contributed by atoms with van der Waals surface area (Å²) in [6.07, 6.45) is 0.870. The normalized spacial score (nSPS) is 9.31. The van der Waals surface area contributed by atoms with Crippen LogP contribution in [0.15, 0.2) is 30.3 Å². The van der Waals surface area contributed by atoms with Crippen LogP contribution < -0.4 is 4.90 Å². The third-order valence-electron chi connectivity index (χ3n) is 1.71. The number of carbonyl (C=O) groups excluding carboxylic acids is 2. The maximum Gasteiger partial charge on any atom is 0.233 e. The van der Waals surface area contributed by atoms with Gasteiger partial charge in [0.2, 0.25) is 12.3 Å². The minimum absolute atomic E-state index is 0.193. The zero-order valence-electron chi connectivity index (χ0n) is 7.43. The number of nitrogens with zero attached hydrogens (tertiary/aromatic N) is 1. The van der Waals surface area contributed by atoms with Gasteiger partial charge in [-0.15, -0.1) is 0 Å². The molecule has 0 bridgehead atoms. The van der Waals surface area contributed by atoms with Crippen molar-refractivity contribution in [1.82, 2.24) is 0 Å². The van der Waals surface area contributed by atoms with E-state index in [1.165, 1.54) is 0 Å². The molecule has 0 saturated heterocycles. The third kappa shape index (κ3) is 2.15. The summed E-state index contributed by atoms with van der Waals surface area (Å²) >= 11 is 0. The van der Waals surface area contributed by atoms with E-state index in [2.05, 4.69) is 0 Å². The molecule has 0 atom stereocenters. The van der Waals surface area contributed by atoms with Crippen LogP contribution in [0.25, 0.3) is 0 Å². The highest BCUT2D eigenvalue weighted by Gasteiger charge is 2.11. The SMILES string of the molecule is CCC(=O)N(C=O)c1ccccc1. The van der Waals surface area contributed by atoms with Crippen LogP contribution in [0.2, 0.25) is 0 Å². The van der Waals surface area contributed by atoms with Gasteiger partial charge in [-0.25, -0.2) is 0 Å². The Morgan fingerprint density at radius 2 is 2.00 bits per heavy atom. The van der Waals surface area contributed by atoms with E-state index < -0.39 is 0 Å². The van der Waals surface area contributed by atoms with Gasteiger partial charge < -0.3 is 0 Å². The van der Waals surface area contributed by atoms with E-state index in [9.17, 15) is 9.59 Å². The van der Waals surface area contributed by atoms with Gasteiger partial charge in [-0.3, -0.25) is 14.5 Å². The van der Waals surface area contributed by atoms with Gasteiger partial charge in [-0.1, -0.05) is 25.1 Å². The molecule has 0 spiro atoms. The molecule has 3 heteroatoms. The van der Waals surface area contributed by atoms with E-state index in [0.29, 0.717) is 18.5 Å². The Kier molecular flexibility index (Phi) is 3.20. The molecule has 0 radical (unpaired) electrons. The molecule has 1 aromatic rings. The molecule has 0 unspecified atom stereocenters. The monoisotopic (exact) mass is 177 g/mol. The molecule has 0 N–H and O–H groups in total. The maximum absolute atomic E-state index is 11.2. The average molecular weight is 177 g/mol. The van der Waals surface area contributed by atoms with Gasteiger partial charge in [0.25, 0.3) is 0 Å². The number of para-hydroxylation sites is 1. The molecule has 0 aliphatic carbocycles. The number of rotatable bonds is 3. The molecule has 1 rings (SSSR count). The number of hydrogen-bond acceptors (Lipinski definition) is 2. The number of benzene rings is 1.